The number of nitrogens with one attached hydrogen (secondary N) is 1. The molecule has 2 saturated carbocycles. The van der Waals surface area contributed by atoms with E-state index < -0.39 is 0 Å². The monoisotopic (exact) mass is 252 g/mol. The molecule has 3 heteroatoms. The second-order valence-electron chi connectivity index (χ2n) is 6.75. The smallest absolute Gasteiger partial charge is 0.223 e. The number of rotatable bonds is 3. The van der Waals surface area contributed by atoms with Gasteiger partial charge in [0.1, 0.15) is 0 Å². The van der Waals surface area contributed by atoms with Crippen molar-refractivity contribution in [3.8, 4) is 0 Å². The molecule has 2 rings (SSSR count). The van der Waals surface area contributed by atoms with Crippen LogP contribution in [0, 0.1) is 23.7 Å². The molecule has 0 aromatic carbocycles. The van der Waals surface area contributed by atoms with Gasteiger partial charge in [-0.2, -0.15) is 0 Å². The minimum Gasteiger partial charge on any atom is -0.353 e. The molecule has 2 bridgehead atoms. The Morgan fingerprint density at radius 2 is 1.72 bits per heavy atom. The maximum absolute atomic E-state index is 12.2. The Balaban J connectivity index is 1.98. The van der Waals surface area contributed by atoms with Gasteiger partial charge in [0.05, 0.1) is 0 Å². The average molecular weight is 252 g/mol. The van der Waals surface area contributed by atoms with E-state index in [4.69, 9.17) is 5.73 Å². The average Bonchev–Trinajstić information content (AvgIpc) is 2.29. The molecule has 2 aliphatic rings. The van der Waals surface area contributed by atoms with Crippen LogP contribution in [-0.4, -0.2) is 18.0 Å². The third kappa shape index (κ3) is 2.87. The van der Waals surface area contributed by atoms with E-state index in [1.165, 1.54) is 19.3 Å². The van der Waals surface area contributed by atoms with Crippen molar-refractivity contribution in [3.05, 3.63) is 0 Å². The van der Waals surface area contributed by atoms with Crippen LogP contribution >= 0.6 is 0 Å². The summed E-state index contributed by atoms with van der Waals surface area (Å²) in [7, 11) is 0. The molecule has 0 saturated heterocycles. The minimum atomic E-state index is 0.112. The summed E-state index contributed by atoms with van der Waals surface area (Å²) in [6, 6.07) is 0.753. The van der Waals surface area contributed by atoms with E-state index in [-0.39, 0.29) is 11.8 Å². The van der Waals surface area contributed by atoms with Crippen LogP contribution in [0.3, 0.4) is 0 Å². The molecule has 18 heavy (non-hydrogen) atoms. The third-order valence-corrected chi connectivity index (χ3v) is 5.10. The Kier molecular flexibility index (Phi) is 4.31. The van der Waals surface area contributed by atoms with Crippen molar-refractivity contribution in [3.63, 3.8) is 0 Å². The van der Waals surface area contributed by atoms with Crippen molar-refractivity contribution in [2.24, 2.45) is 29.4 Å². The lowest BCUT2D eigenvalue weighted by Crippen LogP contribution is -2.54. The molecule has 0 heterocycles. The molecule has 0 aliphatic heterocycles. The summed E-state index contributed by atoms with van der Waals surface area (Å²) in [6.07, 6.45) is 5.99. The predicted octanol–water partition coefficient (Wildman–Crippen LogP) is 2.30. The highest BCUT2D eigenvalue weighted by Gasteiger charge is 2.40. The number of fused-ring (bicyclic) bond motifs is 2. The maximum atomic E-state index is 12.2. The Morgan fingerprint density at radius 1 is 1.17 bits per heavy atom. The topological polar surface area (TPSA) is 55.1 Å². The van der Waals surface area contributed by atoms with Gasteiger partial charge in [0.25, 0.3) is 0 Å². The quantitative estimate of drug-likeness (QED) is 0.810. The van der Waals surface area contributed by atoms with E-state index in [2.05, 4.69) is 19.2 Å². The largest absolute Gasteiger partial charge is 0.353 e. The normalized spacial score (nSPS) is 37.4. The molecule has 0 spiro atoms. The van der Waals surface area contributed by atoms with Gasteiger partial charge < -0.3 is 11.1 Å². The number of nitrogens with two attached hydrogens (primary N) is 1. The van der Waals surface area contributed by atoms with Gasteiger partial charge in [0.2, 0.25) is 5.91 Å². The van der Waals surface area contributed by atoms with E-state index in [0.717, 1.165) is 12.8 Å². The zero-order chi connectivity index (χ0) is 13.3. The highest BCUT2D eigenvalue weighted by molar-refractivity contribution is 5.78. The SMILES string of the molecule is CC(C)C(C)C(=O)NC1C2CCCC1CC(N)C2. The van der Waals surface area contributed by atoms with E-state index in [0.29, 0.717) is 29.8 Å². The molecule has 2 aliphatic carbocycles. The first kappa shape index (κ1) is 13.9. The Hall–Kier alpha value is -0.570. The Bertz CT molecular complexity index is 289. The van der Waals surface area contributed by atoms with Crippen molar-refractivity contribution in [2.75, 3.05) is 0 Å². The number of carbonyl (C=O) groups is 1. The second-order valence-corrected chi connectivity index (χ2v) is 6.75. The second kappa shape index (κ2) is 5.60. The summed E-state index contributed by atoms with van der Waals surface area (Å²) in [4.78, 5) is 12.2. The fourth-order valence-corrected chi connectivity index (χ4v) is 3.62. The highest BCUT2D eigenvalue weighted by atomic mass is 16.1. The first-order chi connectivity index (χ1) is 8.49. The van der Waals surface area contributed by atoms with Gasteiger partial charge >= 0.3 is 0 Å². The van der Waals surface area contributed by atoms with Crippen LogP contribution in [-0.2, 0) is 4.79 Å². The van der Waals surface area contributed by atoms with E-state index in [9.17, 15) is 4.79 Å². The first-order valence-electron chi connectivity index (χ1n) is 7.55. The number of hydrogen-bond acceptors (Lipinski definition) is 2. The first-order valence-corrected chi connectivity index (χ1v) is 7.55. The van der Waals surface area contributed by atoms with Crippen LogP contribution in [0.5, 0.6) is 0 Å². The zero-order valence-corrected chi connectivity index (χ0v) is 12.0. The fraction of sp³-hybridized carbons (Fsp3) is 0.933. The van der Waals surface area contributed by atoms with Gasteiger partial charge in [-0.3, -0.25) is 4.79 Å². The number of carbonyl (C=O) groups excluding carboxylic acids is 1. The summed E-state index contributed by atoms with van der Waals surface area (Å²) >= 11 is 0. The van der Waals surface area contributed by atoms with Gasteiger partial charge in [0.15, 0.2) is 0 Å². The number of amides is 1. The van der Waals surface area contributed by atoms with Crippen molar-refractivity contribution >= 4 is 5.91 Å². The summed E-state index contributed by atoms with van der Waals surface area (Å²) in [5.41, 5.74) is 6.11. The van der Waals surface area contributed by atoms with Gasteiger partial charge in [-0.05, 0) is 43.4 Å². The van der Waals surface area contributed by atoms with Gasteiger partial charge in [0, 0.05) is 18.0 Å². The van der Waals surface area contributed by atoms with E-state index in [1.807, 2.05) is 6.92 Å². The molecule has 3 unspecified atom stereocenters. The molecule has 0 aromatic heterocycles. The summed E-state index contributed by atoms with van der Waals surface area (Å²) in [6.45, 7) is 6.26. The molecule has 0 aromatic rings. The Morgan fingerprint density at radius 3 is 2.22 bits per heavy atom. The number of hydrogen-bond donors (Lipinski definition) is 2. The molecule has 3 N–H and O–H groups in total. The third-order valence-electron chi connectivity index (χ3n) is 5.10. The van der Waals surface area contributed by atoms with Crippen LogP contribution in [0.1, 0.15) is 52.9 Å². The molecule has 1 amide bonds. The lowest BCUT2D eigenvalue weighted by atomic mass is 9.67. The maximum Gasteiger partial charge on any atom is 0.223 e. The Labute approximate surface area is 111 Å². The summed E-state index contributed by atoms with van der Waals surface area (Å²) < 4.78 is 0. The van der Waals surface area contributed by atoms with E-state index in [1.54, 1.807) is 0 Å². The van der Waals surface area contributed by atoms with Crippen molar-refractivity contribution in [1.29, 1.82) is 0 Å². The van der Waals surface area contributed by atoms with Crippen molar-refractivity contribution in [1.82, 2.24) is 5.32 Å². The van der Waals surface area contributed by atoms with Crippen LogP contribution in [0.2, 0.25) is 0 Å². The molecular formula is C15H28N2O. The van der Waals surface area contributed by atoms with Crippen molar-refractivity contribution < 1.29 is 4.79 Å². The summed E-state index contributed by atoms with van der Waals surface area (Å²) in [5, 5.41) is 3.33. The lowest BCUT2D eigenvalue weighted by Gasteiger charge is -2.45. The molecule has 3 atom stereocenters. The molecule has 2 fully saturated rings. The fourth-order valence-electron chi connectivity index (χ4n) is 3.62. The van der Waals surface area contributed by atoms with Gasteiger partial charge in [-0.15, -0.1) is 0 Å². The molecule has 104 valence electrons. The van der Waals surface area contributed by atoms with Crippen LogP contribution in [0.25, 0.3) is 0 Å². The van der Waals surface area contributed by atoms with E-state index >= 15 is 0 Å². The van der Waals surface area contributed by atoms with Crippen LogP contribution in [0.4, 0.5) is 0 Å². The van der Waals surface area contributed by atoms with Gasteiger partial charge in [-0.1, -0.05) is 27.2 Å². The highest BCUT2D eigenvalue weighted by Crippen LogP contribution is 2.39. The lowest BCUT2D eigenvalue weighted by molar-refractivity contribution is -0.128. The van der Waals surface area contributed by atoms with Gasteiger partial charge in [-0.25, -0.2) is 0 Å². The molecular weight excluding hydrogens is 224 g/mol. The van der Waals surface area contributed by atoms with Crippen LogP contribution < -0.4 is 11.1 Å². The molecule has 0 radical (unpaired) electrons. The zero-order valence-electron chi connectivity index (χ0n) is 12.0. The standard InChI is InChI=1S/C15H28N2O/c1-9(2)10(3)15(18)17-14-11-5-4-6-12(14)8-13(16)7-11/h9-14H,4-8,16H2,1-3H3,(H,17,18). The molecule has 3 nitrogen and oxygen atoms in total. The predicted molar refractivity (Wildman–Crippen MR) is 74.0 cm³/mol. The van der Waals surface area contributed by atoms with Crippen LogP contribution in [0.15, 0.2) is 0 Å². The minimum absolute atomic E-state index is 0.112. The summed E-state index contributed by atoms with van der Waals surface area (Å²) in [5.74, 6) is 2.01. The van der Waals surface area contributed by atoms with Crippen molar-refractivity contribution in [2.45, 2.75) is 65.0 Å².